The Morgan fingerprint density at radius 3 is 2.25 bits per heavy atom. The molecule has 0 fully saturated rings. The van der Waals surface area contributed by atoms with Gasteiger partial charge in [-0.1, -0.05) is 60.8 Å². The fourth-order valence-corrected chi connectivity index (χ4v) is 5.59. The first-order valence-electron chi connectivity index (χ1n) is 13.1. The molecule has 0 aromatic heterocycles. The first-order chi connectivity index (χ1) is 18.9. The number of hydrogen-bond donors (Lipinski definition) is 1. The van der Waals surface area contributed by atoms with Crippen molar-refractivity contribution in [2.45, 2.75) is 58.0 Å². The maximum Gasteiger partial charge on any atom is 0.264 e. The van der Waals surface area contributed by atoms with E-state index in [9.17, 15) is 22.4 Å². The molecule has 10 heteroatoms. The van der Waals surface area contributed by atoms with Crippen LogP contribution in [0.3, 0.4) is 0 Å². The van der Waals surface area contributed by atoms with Crippen LogP contribution in [-0.2, 0) is 26.2 Å². The number of rotatable bonds is 12. The quantitative estimate of drug-likeness (QED) is 0.279. The van der Waals surface area contributed by atoms with E-state index in [4.69, 9.17) is 11.6 Å². The highest BCUT2D eigenvalue weighted by Gasteiger charge is 2.32. The Morgan fingerprint density at radius 1 is 1.00 bits per heavy atom. The van der Waals surface area contributed by atoms with Crippen molar-refractivity contribution >= 4 is 39.1 Å². The molecular weight excluding hydrogens is 553 g/mol. The summed E-state index contributed by atoms with van der Waals surface area (Å²) in [7, 11) is -4.19. The molecule has 0 saturated heterocycles. The summed E-state index contributed by atoms with van der Waals surface area (Å²) < 4.78 is 42.3. The van der Waals surface area contributed by atoms with Crippen molar-refractivity contribution < 1.29 is 22.4 Å². The highest BCUT2D eigenvalue weighted by atomic mass is 35.5. The molecule has 2 amide bonds. The summed E-state index contributed by atoms with van der Waals surface area (Å²) in [6, 6.07) is 15.8. The summed E-state index contributed by atoms with van der Waals surface area (Å²) in [4.78, 5) is 28.2. The number of nitrogens with zero attached hydrogens (tertiary/aromatic N) is 2. The van der Waals surface area contributed by atoms with Crippen LogP contribution >= 0.6 is 11.6 Å². The topological polar surface area (TPSA) is 86.8 Å². The molecule has 1 unspecified atom stereocenters. The Balaban J connectivity index is 2.02. The molecule has 0 spiro atoms. The van der Waals surface area contributed by atoms with E-state index in [-0.39, 0.29) is 23.0 Å². The van der Waals surface area contributed by atoms with E-state index < -0.39 is 34.3 Å². The second kappa shape index (κ2) is 13.8. The van der Waals surface area contributed by atoms with E-state index in [0.717, 1.165) is 28.3 Å². The minimum absolute atomic E-state index is 0.0121. The number of anilines is 1. The monoisotopic (exact) mass is 587 g/mol. The maximum atomic E-state index is 13.9. The number of benzene rings is 3. The van der Waals surface area contributed by atoms with Crippen molar-refractivity contribution in [1.29, 1.82) is 0 Å². The molecule has 0 aliphatic carbocycles. The highest BCUT2D eigenvalue weighted by Crippen LogP contribution is 2.28. The Bertz CT molecular complexity index is 1430. The van der Waals surface area contributed by atoms with Crippen LogP contribution in [-0.4, -0.2) is 44.3 Å². The third-order valence-corrected chi connectivity index (χ3v) is 8.79. The van der Waals surface area contributed by atoms with Gasteiger partial charge >= 0.3 is 0 Å². The van der Waals surface area contributed by atoms with Gasteiger partial charge in [0.25, 0.3) is 10.0 Å². The number of sulfonamides is 1. The molecule has 3 rings (SSSR count). The molecule has 1 atom stereocenters. The summed E-state index contributed by atoms with van der Waals surface area (Å²) in [6.45, 7) is 7.08. The molecule has 0 bridgehead atoms. The van der Waals surface area contributed by atoms with Crippen molar-refractivity contribution in [1.82, 2.24) is 10.2 Å². The van der Waals surface area contributed by atoms with E-state index in [1.54, 1.807) is 38.1 Å². The summed E-state index contributed by atoms with van der Waals surface area (Å²) in [6.07, 6.45) is 1.67. The molecule has 0 radical (unpaired) electrons. The smallest absolute Gasteiger partial charge is 0.264 e. The number of halogens is 2. The minimum Gasteiger partial charge on any atom is -0.354 e. The lowest BCUT2D eigenvalue weighted by molar-refractivity contribution is -0.139. The lowest BCUT2D eigenvalue weighted by Gasteiger charge is -2.32. The second-order valence-corrected chi connectivity index (χ2v) is 12.0. The second-order valence-electron chi connectivity index (χ2n) is 9.73. The molecule has 40 heavy (non-hydrogen) atoms. The number of hydrogen-bond acceptors (Lipinski definition) is 4. The van der Waals surface area contributed by atoms with Gasteiger partial charge in [0.2, 0.25) is 11.8 Å². The highest BCUT2D eigenvalue weighted by molar-refractivity contribution is 7.92. The van der Waals surface area contributed by atoms with Crippen LogP contribution in [0, 0.1) is 19.7 Å². The van der Waals surface area contributed by atoms with Crippen LogP contribution in [0.5, 0.6) is 0 Å². The van der Waals surface area contributed by atoms with Gasteiger partial charge in [0.1, 0.15) is 18.4 Å². The van der Waals surface area contributed by atoms with Gasteiger partial charge in [0.05, 0.1) is 10.6 Å². The molecule has 0 aliphatic rings. The minimum atomic E-state index is -4.19. The molecule has 214 valence electrons. The van der Waals surface area contributed by atoms with Crippen LogP contribution in [0.4, 0.5) is 10.1 Å². The molecule has 1 N–H and O–H groups in total. The first kappa shape index (κ1) is 31.1. The van der Waals surface area contributed by atoms with Gasteiger partial charge in [0, 0.05) is 18.1 Å². The number of unbranched alkanes of at least 4 members (excludes halogenated alkanes) is 1. The number of nitrogens with one attached hydrogen (secondary N) is 1. The zero-order valence-electron chi connectivity index (χ0n) is 23.2. The van der Waals surface area contributed by atoms with E-state index in [2.05, 4.69) is 5.32 Å². The van der Waals surface area contributed by atoms with Crippen molar-refractivity contribution in [3.63, 3.8) is 0 Å². The van der Waals surface area contributed by atoms with Crippen molar-refractivity contribution in [2.75, 3.05) is 17.4 Å². The lowest BCUT2D eigenvalue weighted by Crippen LogP contribution is -2.51. The summed E-state index contributed by atoms with van der Waals surface area (Å²) in [5.41, 5.74) is 2.44. The Labute approximate surface area is 241 Å². The zero-order chi connectivity index (χ0) is 29.4. The Kier molecular flexibility index (Phi) is 10.7. The van der Waals surface area contributed by atoms with Crippen LogP contribution in [0.1, 0.15) is 43.4 Å². The normalized spacial score (nSPS) is 12.1. The average molecular weight is 588 g/mol. The molecule has 0 heterocycles. The van der Waals surface area contributed by atoms with Crippen molar-refractivity contribution in [2.24, 2.45) is 0 Å². The van der Waals surface area contributed by atoms with E-state index in [0.29, 0.717) is 17.1 Å². The van der Waals surface area contributed by atoms with Crippen LogP contribution in [0.2, 0.25) is 5.02 Å². The summed E-state index contributed by atoms with van der Waals surface area (Å²) >= 11 is 6.35. The van der Waals surface area contributed by atoms with Gasteiger partial charge < -0.3 is 10.2 Å². The summed E-state index contributed by atoms with van der Waals surface area (Å²) in [5, 5.41) is 3.18. The van der Waals surface area contributed by atoms with Crippen molar-refractivity contribution in [3.8, 4) is 0 Å². The van der Waals surface area contributed by atoms with Gasteiger partial charge in [-0.25, -0.2) is 12.8 Å². The van der Waals surface area contributed by atoms with Crippen LogP contribution in [0.15, 0.2) is 71.6 Å². The average Bonchev–Trinajstić information content (AvgIpc) is 2.92. The number of carbonyl (C=O) groups excluding carboxylic acids is 2. The number of amides is 2. The number of carbonyl (C=O) groups is 2. The fourth-order valence-electron chi connectivity index (χ4n) is 4.01. The fraction of sp³-hybridized carbons (Fsp3) is 0.333. The standard InChI is InChI=1S/C30H35ClFN3O4S/c1-5-6-17-33-30(37)23(4)34(19-24-10-12-25(32)13-11-24)29(36)20-35(26-14-9-22(3)28(31)18-26)40(38,39)27-15-7-21(2)8-16-27/h7-16,18,23H,5-6,17,19-20H2,1-4H3,(H,33,37). The molecule has 7 nitrogen and oxygen atoms in total. The largest absolute Gasteiger partial charge is 0.354 e. The molecule has 0 aliphatic heterocycles. The summed E-state index contributed by atoms with van der Waals surface area (Å²) in [5.74, 6) is -1.40. The molecular formula is C30H35ClFN3O4S. The van der Waals surface area contributed by atoms with E-state index in [1.165, 1.54) is 47.4 Å². The predicted octanol–water partition coefficient (Wildman–Crippen LogP) is 5.62. The van der Waals surface area contributed by atoms with Gasteiger partial charge in [-0.15, -0.1) is 0 Å². The molecule has 3 aromatic carbocycles. The third kappa shape index (κ3) is 7.82. The molecule has 0 saturated carbocycles. The van der Waals surface area contributed by atoms with Crippen LogP contribution in [0.25, 0.3) is 0 Å². The number of aryl methyl sites for hydroxylation is 2. The zero-order valence-corrected chi connectivity index (χ0v) is 24.7. The van der Waals surface area contributed by atoms with Gasteiger partial charge in [0.15, 0.2) is 0 Å². The third-order valence-electron chi connectivity index (χ3n) is 6.59. The maximum absolute atomic E-state index is 13.9. The van der Waals surface area contributed by atoms with Gasteiger partial charge in [-0.2, -0.15) is 0 Å². The Hall–Kier alpha value is -3.43. The Morgan fingerprint density at radius 2 is 1.65 bits per heavy atom. The van der Waals surface area contributed by atoms with Crippen molar-refractivity contribution in [3.05, 3.63) is 94.3 Å². The first-order valence-corrected chi connectivity index (χ1v) is 14.9. The van der Waals surface area contributed by atoms with E-state index >= 15 is 0 Å². The van der Waals surface area contributed by atoms with E-state index in [1.807, 2.05) is 13.8 Å². The lowest BCUT2D eigenvalue weighted by atomic mass is 10.1. The van der Waals surface area contributed by atoms with Gasteiger partial charge in [-0.3, -0.25) is 13.9 Å². The predicted molar refractivity (Wildman–Crippen MR) is 156 cm³/mol. The SMILES string of the molecule is CCCCNC(=O)C(C)N(Cc1ccc(F)cc1)C(=O)CN(c1ccc(C)c(Cl)c1)S(=O)(=O)c1ccc(C)cc1. The van der Waals surface area contributed by atoms with Gasteiger partial charge in [-0.05, 0) is 74.7 Å². The van der Waals surface area contributed by atoms with Crippen LogP contribution < -0.4 is 9.62 Å². The molecule has 3 aromatic rings.